The molecule has 0 amide bonds. The van der Waals surface area contributed by atoms with E-state index in [4.69, 9.17) is 19.5 Å². The van der Waals surface area contributed by atoms with E-state index >= 15 is 0 Å². The van der Waals surface area contributed by atoms with Gasteiger partial charge in [-0.3, -0.25) is 9.98 Å². The van der Waals surface area contributed by atoms with Crippen LogP contribution in [-0.2, 0) is 36.8 Å². The van der Waals surface area contributed by atoms with Gasteiger partial charge in [0.25, 0.3) is 0 Å². The van der Waals surface area contributed by atoms with Gasteiger partial charge in [0.15, 0.2) is 0 Å². The maximum atomic E-state index is 10.4. The van der Waals surface area contributed by atoms with Crippen molar-refractivity contribution in [3.63, 3.8) is 0 Å². The van der Waals surface area contributed by atoms with Gasteiger partial charge in [-0.25, -0.2) is 0 Å². The fraction of sp³-hybridized carbons (Fsp3) is 0.500. The van der Waals surface area contributed by atoms with Crippen LogP contribution in [0.15, 0.2) is 46.4 Å². The minimum Gasteiger partial charge on any atom is -0.507 e. The molecular formula is C28H40N2NiO4. The van der Waals surface area contributed by atoms with E-state index < -0.39 is 0 Å². The number of ether oxygens (including phenoxy) is 2. The van der Waals surface area contributed by atoms with Crippen LogP contribution in [0.5, 0.6) is 11.5 Å². The van der Waals surface area contributed by atoms with Crippen molar-refractivity contribution < 1.29 is 36.2 Å². The fourth-order valence-corrected chi connectivity index (χ4v) is 3.45. The number of hydrogen-bond donors (Lipinski definition) is 2. The monoisotopic (exact) mass is 526 g/mol. The van der Waals surface area contributed by atoms with E-state index in [1.807, 2.05) is 24.3 Å². The van der Waals surface area contributed by atoms with E-state index in [0.29, 0.717) is 24.3 Å². The first-order valence-electron chi connectivity index (χ1n) is 11.6. The first-order valence-corrected chi connectivity index (χ1v) is 11.6. The van der Waals surface area contributed by atoms with E-state index in [1.165, 1.54) is 0 Å². The summed E-state index contributed by atoms with van der Waals surface area (Å²) in [6, 6.07) is 10.5. The van der Waals surface area contributed by atoms with E-state index in [9.17, 15) is 10.2 Å². The van der Waals surface area contributed by atoms with Crippen molar-refractivity contribution in [3.05, 3.63) is 58.7 Å². The number of aliphatic imine (C=N–C) groups is 2. The topological polar surface area (TPSA) is 83.6 Å². The predicted molar refractivity (Wildman–Crippen MR) is 140 cm³/mol. The van der Waals surface area contributed by atoms with Gasteiger partial charge in [-0.15, -0.1) is 0 Å². The van der Waals surface area contributed by atoms with Crippen molar-refractivity contribution in [1.82, 2.24) is 0 Å². The SMILES string of the molecule is COC[C@@H](N=Cc1cc(C(C)(C)C)ccc1O)[C@@H](COC)N=Cc1cc(C(C)(C)C)ccc1O.[Ni]. The van der Waals surface area contributed by atoms with Crippen molar-refractivity contribution in [2.45, 2.75) is 64.5 Å². The van der Waals surface area contributed by atoms with Crippen LogP contribution >= 0.6 is 0 Å². The van der Waals surface area contributed by atoms with Crippen LogP contribution in [0, 0.1) is 0 Å². The molecule has 0 unspecified atom stereocenters. The number of nitrogens with zero attached hydrogens (tertiary/aromatic N) is 2. The molecule has 0 radical (unpaired) electrons. The van der Waals surface area contributed by atoms with Crippen LogP contribution in [0.1, 0.15) is 63.8 Å². The summed E-state index contributed by atoms with van der Waals surface area (Å²) in [6.07, 6.45) is 3.34. The summed E-state index contributed by atoms with van der Waals surface area (Å²) < 4.78 is 10.8. The van der Waals surface area contributed by atoms with E-state index in [1.54, 1.807) is 38.8 Å². The number of benzene rings is 2. The molecule has 7 heteroatoms. The molecule has 196 valence electrons. The van der Waals surface area contributed by atoms with Crippen LogP contribution in [0.2, 0.25) is 0 Å². The van der Waals surface area contributed by atoms with Crippen molar-refractivity contribution >= 4 is 12.4 Å². The Hall–Kier alpha value is -2.21. The van der Waals surface area contributed by atoms with E-state index in [2.05, 4.69) is 41.5 Å². The number of phenols is 2. The molecule has 0 saturated carbocycles. The van der Waals surface area contributed by atoms with Crippen molar-refractivity contribution in [3.8, 4) is 11.5 Å². The summed E-state index contributed by atoms with van der Waals surface area (Å²) in [6.45, 7) is 13.4. The molecule has 0 saturated heterocycles. The average molecular weight is 527 g/mol. The molecule has 35 heavy (non-hydrogen) atoms. The molecule has 0 aliphatic heterocycles. The molecule has 0 spiro atoms. The van der Waals surface area contributed by atoms with Crippen molar-refractivity contribution in [1.29, 1.82) is 0 Å². The molecule has 6 nitrogen and oxygen atoms in total. The first-order chi connectivity index (χ1) is 15.9. The Morgan fingerprint density at radius 1 is 0.714 bits per heavy atom. The van der Waals surface area contributed by atoms with Crippen molar-refractivity contribution in [2.75, 3.05) is 27.4 Å². The second-order valence-corrected chi connectivity index (χ2v) is 10.6. The van der Waals surface area contributed by atoms with Crippen LogP contribution in [0.4, 0.5) is 0 Å². The van der Waals surface area contributed by atoms with Crippen LogP contribution in [0.3, 0.4) is 0 Å². The Kier molecular flexibility index (Phi) is 11.6. The summed E-state index contributed by atoms with van der Waals surface area (Å²) in [7, 11) is 3.23. The zero-order chi connectivity index (χ0) is 25.5. The summed E-state index contributed by atoms with van der Waals surface area (Å²) in [5.41, 5.74) is 3.41. The van der Waals surface area contributed by atoms with Crippen LogP contribution < -0.4 is 0 Å². The van der Waals surface area contributed by atoms with Crippen LogP contribution in [-0.4, -0.2) is 62.2 Å². The minimum absolute atomic E-state index is 0. The number of aromatic hydroxyl groups is 2. The smallest absolute Gasteiger partial charge is 0.124 e. The summed E-state index contributed by atoms with van der Waals surface area (Å²) in [5.74, 6) is 0.340. The van der Waals surface area contributed by atoms with Gasteiger partial charge < -0.3 is 19.7 Å². The van der Waals surface area contributed by atoms with Crippen LogP contribution in [0.25, 0.3) is 0 Å². The zero-order valence-corrected chi connectivity index (χ0v) is 23.1. The van der Waals surface area contributed by atoms with Gasteiger partial charge in [-0.1, -0.05) is 53.7 Å². The van der Waals surface area contributed by atoms with Gasteiger partial charge in [0.1, 0.15) is 11.5 Å². The molecule has 0 heterocycles. The molecule has 0 aliphatic rings. The molecule has 2 atom stereocenters. The molecule has 0 bridgehead atoms. The Morgan fingerprint density at radius 3 is 1.34 bits per heavy atom. The summed E-state index contributed by atoms with van der Waals surface area (Å²) in [4.78, 5) is 9.42. The van der Waals surface area contributed by atoms with E-state index in [0.717, 1.165) is 11.1 Å². The number of methoxy groups -OCH3 is 2. The Labute approximate surface area is 220 Å². The van der Waals surface area contributed by atoms with Gasteiger partial charge in [0.05, 0.1) is 25.3 Å². The summed E-state index contributed by atoms with van der Waals surface area (Å²) >= 11 is 0. The third-order valence-corrected chi connectivity index (χ3v) is 5.72. The maximum absolute atomic E-state index is 10.4. The Morgan fingerprint density at radius 2 is 1.06 bits per heavy atom. The molecule has 2 aromatic rings. The van der Waals surface area contributed by atoms with Gasteiger partial charge in [0, 0.05) is 54.3 Å². The first kappa shape index (κ1) is 30.8. The minimum atomic E-state index is -0.341. The summed E-state index contributed by atoms with van der Waals surface area (Å²) in [5, 5.41) is 20.7. The third-order valence-electron chi connectivity index (χ3n) is 5.72. The number of phenolic OH excluding ortho intramolecular Hbond substituents is 2. The predicted octanol–water partition coefficient (Wildman–Crippen LogP) is 5.26. The Bertz CT molecular complexity index is 925. The normalized spacial score (nSPS) is 14.3. The number of rotatable bonds is 9. The van der Waals surface area contributed by atoms with Crippen molar-refractivity contribution in [2.24, 2.45) is 9.98 Å². The third kappa shape index (κ3) is 9.07. The zero-order valence-electron chi connectivity index (χ0n) is 22.1. The van der Waals surface area contributed by atoms with Gasteiger partial charge >= 0.3 is 0 Å². The maximum Gasteiger partial charge on any atom is 0.124 e. The van der Waals surface area contributed by atoms with Gasteiger partial charge in [-0.2, -0.15) is 0 Å². The molecule has 2 rings (SSSR count). The fourth-order valence-electron chi connectivity index (χ4n) is 3.45. The molecular weight excluding hydrogens is 487 g/mol. The molecule has 0 fully saturated rings. The second kappa shape index (κ2) is 13.2. The van der Waals surface area contributed by atoms with Gasteiger partial charge in [0.2, 0.25) is 0 Å². The van der Waals surface area contributed by atoms with Gasteiger partial charge in [-0.05, 0) is 46.2 Å². The largest absolute Gasteiger partial charge is 0.507 e. The standard InChI is InChI=1S/C28H40N2O4.Ni/c1-27(2,3)21-9-11-25(31)19(13-21)15-29-23(17-33-7)24(18-34-8)30-16-20-14-22(28(4,5)6)10-12-26(20)32;/h9-16,23-24,31-32H,17-18H2,1-8H3;/t23-,24-;/m1./s1. The molecule has 2 N–H and O–H groups in total. The average Bonchev–Trinajstić information content (AvgIpc) is 2.74. The quantitative estimate of drug-likeness (QED) is 0.345. The molecule has 0 aromatic heterocycles. The Balaban J connectivity index is 0.00000612. The second-order valence-electron chi connectivity index (χ2n) is 10.6. The molecule has 0 aliphatic carbocycles. The number of hydrogen-bond acceptors (Lipinski definition) is 6. The molecule has 2 aromatic carbocycles. The van der Waals surface area contributed by atoms with E-state index in [-0.39, 0.29) is 50.9 Å².